The molecule has 2 aliphatic heterocycles. The molecule has 4 aromatic carbocycles. The zero-order valence-corrected chi connectivity index (χ0v) is 79.2. The molecule has 2 atom stereocenters. The molecule has 0 fully saturated rings. The Morgan fingerprint density at radius 3 is 1.11 bits per heavy atom. The van der Waals surface area contributed by atoms with Crippen LogP contribution >= 0.6 is 0 Å². The van der Waals surface area contributed by atoms with E-state index in [1.807, 2.05) is 146 Å². The first kappa shape index (κ1) is 154. The molecule has 0 saturated heterocycles. The van der Waals surface area contributed by atoms with Crippen molar-refractivity contribution in [2.75, 3.05) is 26.2 Å². The Kier molecular flexibility index (Phi) is 70.7. The molecular weight excluding hydrogens is 1930 g/mol. The van der Waals surface area contributed by atoms with Crippen LogP contribution in [0.15, 0.2) is 211 Å². The quantitative estimate of drug-likeness (QED) is 0.0123. The fraction of sp³-hybridized carbons (Fsp3) is 0.500. The van der Waals surface area contributed by atoms with Crippen LogP contribution in [0.25, 0.3) is 11.4 Å². The maximum Gasteiger partial charge on any atom is 0.360 e. The van der Waals surface area contributed by atoms with Gasteiger partial charge < -0.3 is 15.3 Å². The van der Waals surface area contributed by atoms with Gasteiger partial charge in [-0.25, -0.2) is 55.5 Å². The Bertz CT molecular complexity index is 6040. The predicted octanol–water partition coefficient (Wildman–Crippen LogP) is 17.4. The van der Waals surface area contributed by atoms with Crippen LogP contribution in [0.3, 0.4) is 0 Å². The molecule has 0 amide bonds. The van der Waals surface area contributed by atoms with Crippen molar-refractivity contribution in [3.05, 3.63) is 225 Å². The molecule has 2 unspecified atom stereocenters. The Morgan fingerprint density at radius 1 is 0.387 bits per heavy atom. The van der Waals surface area contributed by atoms with Crippen LogP contribution < -0.4 is 22.8 Å². The van der Waals surface area contributed by atoms with E-state index in [1.54, 1.807) is 160 Å². The van der Waals surface area contributed by atoms with Gasteiger partial charge in [-0.1, -0.05) is 223 Å². The first-order valence-corrected chi connectivity index (χ1v) is 47.4. The van der Waals surface area contributed by atoms with Gasteiger partial charge in [-0.2, -0.15) is 60.2 Å². The number of hydrogen-bond acceptors (Lipinski definition) is 15. The second-order valence-electron chi connectivity index (χ2n) is 33.2. The van der Waals surface area contributed by atoms with Crippen LogP contribution in [0.4, 0.5) is 0 Å². The van der Waals surface area contributed by atoms with Gasteiger partial charge in [-0.3, -0.25) is 32.4 Å². The molecule has 37 nitrogen and oxygen atoms in total. The molecule has 812 valence electrons. The Morgan fingerprint density at radius 2 is 0.768 bits per heavy atom. The highest BCUT2D eigenvalue weighted by Gasteiger charge is 2.41. The number of imidazole rings is 5. The van der Waals surface area contributed by atoms with Gasteiger partial charge in [0.05, 0.1) is 34.2 Å². The van der Waals surface area contributed by atoms with Gasteiger partial charge in [0.25, 0.3) is 40.5 Å². The second-order valence-corrected chi connectivity index (χ2v) is 40.3. The molecule has 0 saturated carbocycles. The van der Waals surface area contributed by atoms with Crippen LogP contribution in [0, 0.1) is 5.92 Å². The SMILES string of the molecule is C.C.C.C.C.C.C.C.C.C.C.C.C.C.C.CC(=O)C[N+]1(CC(=O)O)C=C[N+](C(C)C)=C1.CC(=O)C[n+]1ccn(C(C)C)c1.CC(C)C(n1cc[n+](C)c1)S(=O)(=O)O.CC(C)c1cc(S(=O)(=O)O)c(-n2cc[n+](C)c2)c(S(=O)(=O)O)c1.CC(C)c1ccc(-n2cc[n+](C)c2)c(S(=O)(=O)O)c1.CC(C)c1ccc(C[N+]2=C[N+](CC(=O)O)(CC(=O)O)C=C2)cc1.CC(C)c1ccc(Cn2cc[n+](C)c2)c(S(=O)(=O)O)c1. The van der Waals surface area contributed by atoms with E-state index in [1.165, 1.54) is 52.3 Å². The number of carboxylic acids is 3. The van der Waals surface area contributed by atoms with Gasteiger partial charge in [0.15, 0.2) is 74.1 Å². The summed E-state index contributed by atoms with van der Waals surface area (Å²) in [7, 11) is -14.8. The van der Waals surface area contributed by atoms with Gasteiger partial charge in [0.1, 0.15) is 94.6 Å². The lowest BCUT2D eigenvalue weighted by atomic mass is 10.0. The van der Waals surface area contributed by atoms with Crippen molar-refractivity contribution < 1.29 is 145 Å². The van der Waals surface area contributed by atoms with Crippen molar-refractivity contribution in [1.82, 2.24) is 22.8 Å². The van der Waals surface area contributed by atoms with E-state index in [-0.39, 0.29) is 203 Å². The molecule has 0 aliphatic carbocycles. The number of carbonyl (C=O) groups is 5. The third-order valence-corrected chi connectivity index (χ3v) is 24.4. The Hall–Kier alpha value is -11.0. The van der Waals surface area contributed by atoms with Crippen molar-refractivity contribution in [2.24, 2.45) is 34.1 Å². The van der Waals surface area contributed by atoms with E-state index in [9.17, 15) is 84.3 Å². The summed E-state index contributed by atoms with van der Waals surface area (Å²) in [5.41, 5.74) is 5.14. The van der Waals surface area contributed by atoms with Gasteiger partial charge in [0, 0.05) is 24.0 Å². The number of aromatic nitrogens is 10. The van der Waals surface area contributed by atoms with Crippen molar-refractivity contribution in [2.45, 2.75) is 303 Å². The maximum absolute atomic E-state index is 11.7. The van der Waals surface area contributed by atoms with Gasteiger partial charge in [0.2, 0.25) is 49.4 Å². The van der Waals surface area contributed by atoms with Crippen LogP contribution in [0.5, 0.6) is 0 Å². The molecule has 5 aromatic heterocycles. The van der Waals surface area contributed by atoms with Crippen molar-refractivity contribution >= 4 is 92.7 Å². The summed E-state index contributed by atoms with van der Waals surface area (Å²) in [6.45, 7) is 31.4. The summed E-state index contributed by atoms with van der Waals surface area (Å²) in [5.74, 6) is -2.35. The Labute approximate surface area is 854 Å². The summed E-state index contributed by atoms with van der Waals surface area (Å²) in [5, 5.41) is 26.0. The third-order valence-electron chi connectivity index (χ3n) is 19.4. The minimum atomic E-state index is -4.72. The maximum atomic E-state index is 11.7. The summed E-state index contributed by atoms with van der Waals surface area (Å²) >= 11 is 0. The monoisotopic (exact) mass is 2110 g/mol. The number of hydrogen-bond donors (Lipinski definition) is 8. The average Bonchev–Trinajstić information content (AvgIpc) is 1.01. The summed E-state index contributed by atoms with van der Waals surface area (Å²) in [4.78, 5) is 53.5. The van der Waals surface area contributed by atoms with E-state index >= 15 is 0 Å². The van der Waals surface area contributed by atoms with E-state index < -0.39 is 83.7 Å². The van der Waals surface area contributed by atoms with Crippen LogP contribution in [0.2, 0.25) is 0 Å². The van der Waals surface area contributed by atoms with Gasteiger partial charge in [-0.15, -0.1) is 4.58 Å². The van der Waals surface area contributed by atoms with E-state index in [2.05, 4.69) is 44.4 Å². The number of aryl methyl sites for hydroxylation is 4. The lowest BCUT2D eigenvalue weighted by Crippen LogP contribution is -2.48. The highest BCUT2D eigenvalue weighted by atomic mass is 32.2. The van der Waals surface area contributed by atoms with E-state index in [4.69, 9.17) is 19.9 Å². The molecule has 7 heterocycles. The highest BCUT2D eigenvalue weighted by molar-refractivity contribution is 7.87. The summed E-state index contributed by atoms with van der Waals surface area (Å²) in [6.07, 6.45) is 36.4. The molecule has 0 bridgehead atoms. The van der Waals surface area contributed by atoms with Crippen LogP contribution in [0.1, 0.15) is 291 Å². The molecule has 9 aromatic rings. The first-order valence-electron chi connectivity index (χ1n) is 40.1. The molecule has 42 heteroatoms. The van der Waals surface area contributed by atoms with Crippen molar-refractivity contribution in [1.29, 1.82) is 0 Å². The number of aliphatic carboxylic acids is 3. The average molecular weight is 2110 g/mol. The number of carbonyl (C=O) groups excluding carboxylic acids is 2. The first-order chi connectivity index (χ1) is 58.5. The van der Waals surface area contributed by atoms with E-state index in [0.29, 0.717) is 48.4 Å². The van der Waals surface area contributed by atoms with E-state index in [0.717, 1.165) is 16.7 Å². The summed E-state index contributed by atoms with van der Waals surface area (Å²) in [6, 6.07) is 21.7. The van der Waals surface area contributed by atoms with Crippen LogP contribution in [-0.2, 0) is 122 Å². The number of rotatable bonds is 29. The minimum absolute atomic E-state index is 0. The number of Topliss-reactive ketones (excluding diaryl/α,β-unsaturated/α-hetero) is 2. The minimum Gasteiger partial charge on any atom is -0.477 e. The topological polar surface area (TPSA) is 468 Å². The van der Waals surface area contributed by atoms with Crippen molar-refractivity contribution in [3.8, 4) is 11.4 Å². The molecule has 2 aliphatic rings. The third kappa shape index (κ3) is 47.9. The van der Waals surface area contributed by atoms with Gasteiger partial charge in [-0.05, 0) is 111 Å². The largest absolute Gasteiger partial charge is 0.477 e. The van der Waals surface area contributed by atoms with Gasteiger partial charge >= 0.3 is 40.7 Å². The number of carboxylic acid groups (broad SMARTS) is 3. The zero-order valence-electron chi connectivity index (χ0n) is 75.1. The molecule has 11 rings (SSSR count). The summed E-state index contributed by atoms with van der Waals surface area (Å²) < 4.78 is 183. The molecule has 0 radical (unpaired) electrons. The van der Waals surface area contributed by atoms with Crippen LogP contribution in [-0.4, -0.2) is 195 Å². The fourth-order valence-corrected chi connectivity index (χ4v) is 17.3. The second kappa shape index (κ2) is 65.3. The standard InChI is InChI=1S/C17H20N2O4.C14H18N2O3S.C13H16N2O6S2.C13H16N2O3S.C11H17N2O3.C9H15N2O.C8H14N2O3S.15CH4/c1-13(2)15-5-3-14(4-6-15)9-18-7-8-19(12-18,10-16(20)21)11-17(22)23;1-11(2)12-4-5-13(14(8-12)20(17,18)19)9-16-7-6-15(3)10-16;1-9(2)10-6-11(22(16,17)18)13(12(7-10)23(19,20)21)15-5-4-14(3)8-15;1-10(2)11-4-5-12(13(8-11)19(16,17)18)15-7-6-14(3)9-15;1-9(2)12-4-5-13(8-12,6-10(3)14)7-11(15)16;1-8(2)11-5-4-10(7-11)6-9(3)12;1-7(2)8(14(11,12)13)10-5-4-9(3)6-10;;;;;;;;;;;;;;;/h3-8,12-13H,9-11H2,1-2H3;4-8,10-11H,9H2,1-3H3;4-9H,1-3H3,(H-,16,17,18,19,20,21);4-10H,1-3H3;4-5,8-9H,6-7H2,1-3H3;4-5,7-8H,6H2,1-3H3;4-8H,1-3H3;15*1H4/q;;;;2*+1;;;;;;;;;;;;;;;;/p+7. The van der Waals surface area contributed by atoms with Crippen molar-refractivity contribution in [3.63, 3.8) is 0 Å². The predicted molar refractivity (Wildman–Crippen MR) is 568 cm³/mol. The lowest BCUT2D eigenvalue weighted by Gasteiger charge is -2.20. The lowest BCUT2D eigenvalue weighted by molar-refractivity contribution is -0.775. The highest BCUT2D eigenvalue weighted by Crippen LogP contribution is 2.33. The number of ketones is 2. The molecule has 8 N–H and O–H groups in total. The molecule has 0 spiro atoms. The molecular formula is C100H183N14O23S5+9. The number of nitrogens with zero attached hydrogens (tertiary/aromatic N) is 14. The number of quaternary nitrogens is 2. The fourth-order valence-electron chi connectivity index (χ4n) is 13.1. The Balaban J connectivity index is -0.000000155. The zero-order chi connectivity index (χ0) is 96.1. The normalized spacial score (nSPS) is 12.9. The smallest absolute Gasteiger partial charge is 0.360 e. The number of benzene rings is 4. The molecule has 142 heavy (non-hydrogen) atoms.